The van der Waals surface area contributed by atoms with E-state index in [9.17, 15) is 0 Å². The molecular formula is C14H14Cl2N2O2. The predicted octanol–water partition coefficient (Wildman–Crippen LogP) is 4.12. The average molecular weight is 313 g/mol. The van der Waals surface area contributed by atoms with Gasteiger partial charge in [-0.3, -0.25) is 0 Å². The fourth-order valence-corrected chi connectivity index (χ4v) is 2.78. The van der Waals surface area contributed by atoms with Gasteiger partial charge >= 0.3 is 0 Å². The molecule has 0 radical (unpaired) electrons. The van der Waals surface area contributed by atoms with E-state index in [2.05, 4.69) is 5.16 Å². The molecule has 0 aliphatic carbocycles. The predicted molar refractivity (Wildman–Crippen MR) is 79.2 cm³/mol. The highest BCUT2D eigenvalue weighted by atomic mass is 35.5. The fourth-order valence-electron chi connectivity index (χ4n) is 2.48. The van der Waals surface area contributed by atoms with Gasteiger partial charge in [0.15, 0.2) is 11.6 Å². The SMILES string of the molecule is Nc1noc(C2CCCOC2)c1-c1ccc(Cl)c(Cl)c1. The van der Waals surface area contributed by atoms with Gasteiger partial charge in [0.25, 0.3) is 0 Å². The van der Waals surface area contributed by atoms with Crippen LogP contribution in [0.1, 0.15) is 24.5 Å². The highest BCUT2D eigenvalue weighted by molar-refractivity contribution is 6.42. The molecule has 2 aromatic rings. The van der Waals surface area contributed by atoms with Crippen molar-refractivity contribution in [3.63, 3.8) is 0 Å². The summed E-state index contributed by atoms with van der Waals surface area (Å²) in [6.45, 7) is 1.42. The molecule has 1 atom stereocenters. The van der Waals surface area contributed by atoms with Gasteiger partial charge in [0, 0.05) is 12.5 Å². The molecular weight excluding hydrogens is 299 g/mol. The Balaban J connectivity index is 2.03. The van der Waals surface area contributed by atoms with Gasteiger partial charge < -0.3 is 15.0 Å². The van der Waals surface area contributed by atoms with Crippen molar-refractivity contribution >= 4 is 29.0 Å². The molecule has 2 heterocycles. The summed E-state index contributed by atoms with van der Waals surface area (Å²) in [5.74, 6) is 1.31. The second-order valence-electron chi connectivity index (χ2n) is 4.85. The minimum Gasteiger partial charge on any atom is -0.381 e. The summed E-state index contributed by atoms with van der Waals surface area (Å²) in [5, 5.41) is 4.88. The van der Waals surface area contributed by atoms with Crippen LogP contribution >= 0.6 is 23.2 Å². The lowest BCUT2D eigenvalue weighted by molar-refractivity contribution is 0.0723. The summed E-state index contributed by atoms with van der Waals surface area (Å²) in [7, 11) is 0. The number of aromatic nitrogens is 1. The number of anilines is 1. The Morgan fingerprint density at radius 3 is 2.80 bits per heavy atom. The molecule has 1 saturated heterocycles. The number of hydrogen-bond donors (Lipinski definition) is 1. The summed E-state index contributed by atoms with van der Waals surface area (Å²) in [6.07, 6.45) is 2.01. The first-order valence-electron chi connectivity index (χ1n) is 6.45. The normalized spacial score (nSPS) is 19.2. The highest BCUT2D eigenvalue weighted by Gasteiger charge is 2.26. The van der Waals surface area contributed by atoms with Crippen molar-refractivity contribution in [1.29, 1.82) is 0 Å². The molecule has 1 fully saturated rings. The van der Waals surface area contributed by atoms with Crippen LogP contribution in [0.4, 0.5) is 5.82 Å². The van der Waals surface area contributed by atoms with Gasteiger partial charge in [0.2, 0.25) is 0 Å². The van der Waals surface area contributed by atoms with Crippen LogP contribution in [0.15, 0.2) is 22.7 Å². The van der Waals surface area contributed by atoms with E-state index in [1.807, 2.05) is 6.07 Å². The third-order valence-electron chi connectivity index (χ3n) is 3.48. The maximum Gasteiger partial charge on any atom is 0.175 e. The number of nitrogens with zero attached hydrogens (tertiary/aromatic N) is 1. The summed E-state index contributed by atoms with van der Waals surface area (Å²) in [4.78, 5) is 0. The van der Waals surface area contributed by atoms with Gasteiger partial charge in [-0.1, -0.05) is 34.4 Å². The van der Waals surface area contributed by atoms with Crippen molar-refractivity contribution in [2.45, 2.75) is 18.8 Å². The Labute approximate surface area is 126 Å². The smallest absolute Gasteiger partial charge is 0.175 e. The highest BCUT2D eigenvalue weighted by Crippen LogP contribution is 2.39. The van der Waals surface area contributed by atoms with E-state index in [4.69, 9.17) is 38.2 Å². The number of nitrogen functional groups attached to an aromatic ring is 1. The third kappa shape index (κ3) is 2.51. The number of hydrogen-bond acceptors (Lipinski definition) is 4. The molecule has 2 N–H and O–H groups in total. The quantitative estimate of drug-likeness (QED) is 0.906. The van der Waals surface area contributed by atoms with Crippen LogP contribution in [0.5, 0.6) is 0 Å². The van der Waals surface area contributed by atoms with Gasteiger partial charge in [-0.15, -0.1) is 0 Å². The molecule has 6 heteroatoms. The largest absolute Gasteiger partial charge is 0.381 e. The molecule has 1 aliphatic heterocycles. The van der Waals surface area contributed by atoms with Crippen molar-refractivity contribution in [2.24, 2.45) is 0 Å². The number of benzene rings is 1. The van der Waals surface area contributed by atoms with Crippen LogP contribution in [-0.4, -0.2) is 18.4 Å². The Bertz CT molecular complexity index is 622. The van der Waals surface area contributed by atoms with E-state index in [1.165, 1.54) is 0 Å². The van der Waals surface area contributed by atoms with Crippen LogP contribution in [0, 0.1) is 0 Å². The summed E-state index contributed by atoms with van der Waals surface area (Å²) < 4.78 is 10.9. The number of nitrogens with two attached hydrogens (primary N) is 1. The number of halogens is 2. The minimum atomic E-state index is 0.179. The monoisotopic (exact) mass is 312 g/mol. The van der Waals surface area contributed by atoms with Crippen molar-refractivity contribution < 1.29 is 9.26 Å². The Morgan fingerprint density at radius 1 is 1.25 bits per heavy atom. The lowest BCUT2D eigenvalue weighted by Gasteiger charge is -2.20. The molecule has 1 aliphatic rings. The second kappa shape index (κ2) is 5.64. The summed E-state index contributed by atoms with van der Waals surface area (Å²) in [5.41, 5.74) is 7.60. The molecule has 1 unspecified atom stereocenters. The Kier molecular flexibility index (Phi) is 3.87. The lowest BCUT2D eigenvalue weighted by Crippen LogP contribution is -2.15. The van der Waals surface area contributed by atoms with Crippen molar-refractivity contribution in [1.82, 2.24) is 5.16 Å². The van der Waals surface area contributed by atoms with E-state index >= 15 is 0 Å². The zero-order valence-corrected chi connectivity index (χ0v) is 12.2. The molecule has 0 amide bonds. The van der Waals surface area contributed by atoms with E-state index < -0.39 is 0 Å². The minimum absolute atomic E-state index is 0.179. The first-order valence-corrected chi connectivity index (χ1v) is 7.20. The molecule has 1 aromatic heterocycles. The first-order chi connectivity index (χ1) is 9.66. The second-order valence-corrected chi connectivity index (χ2v) is 5.66. The van der Waals surface area contributed by atoms with Gasteiger partial charge in [0.1, 0.15) is 0 Å². The Hall–Kier alpha value is -1.23. The van der Waals surface area contributed by atoms with Crippen LogP contribution in [0.2, 0.25) is 10.0 Å². The van der Waals surface area contributed by atoms with E-state index in [0.717, 1.165) is 36.3 Å². The van der Waals surface area contributed by atoms with Crippen LogP contribution < -0.4 is 5.73 Å². The average Bonchev–Trinajstić information content (AvgIpc) is 2.85. The molecule has 3 rings (SSSR count). The molecule has 4 nitrogen and oxygen atoms in total. The maximum atomic E-state index is 6.07. The number of ether oxygens (including phenoxy) is 1. The van der Waals surface area contributed by atoms with Crippen molar-refractivity contribution in [2.75, 3.05) is 18.9 Å². The van der Waals surface area contributed by atoms with Crippen LogP contribution in [-0.2, 0) is 4.74 Å². The van der Waals surface area contributed by atoms with Crippen LogP contribution in [0.25, 0.3) is 11.1 Å². The van der Waals surface area contributed by atoms with Crippen molar-refractivity contribution in [3.8, 4) is 11.1 Å². The van der Waals surface area contributed by atoms with Gasteiger partial charge in [-0.05, 0) is 30.5 Å². The fraction of sp³-hybridized carbons (Fsp3) is 0.357. The van der Waals surface area contributed by atoms with E-state index in [-0.39, 0.29) is 5.92 Å². The first kappa shape index (κ1) is 13.7. The van der Waals surface area contributed by atoms with Gasteiger partial charge in [-0.2, -0.15) is 0 Å². The summed E-state index contributed by atoms with van der Waals surface area (Å²) in [6, 6.07) is 5.39. The Morgan fingerprint density at radius 2 is 2.10 bits per heavy atom. The molecule has 0 spiro atoms. The molecule has 1 aromatic carbocycles. The molecule has 0 bridgehead atoms. The molecule has 0 saturated carbocycles. The zero-order chi connectivity index (χ0) is 14.1. The zero-order valence-electron chi connectivity index (χ0n) is 10.7. The summed E-state index contributed by atoms with van der Waals surface area (Å²) >= 11 is 12.0. The van der Waals surface area contributed by atoms with E-state index in [0.29, 0.717) is 22.5 Å². The standard InChI is InChI=1S/C14H14Cl2N2O2/c15-10-4-3-8(6-11(10)16)12-13(20-18-14(12)17)9-2-1-5-19-7-9/h3-4,6,9H,1-2,5,7H2,(H2,17,18). The van der Waals surface area contributed by atoms with Gasteiger partial charge in [0.05, 0.1) is 22.2 Å². The number of rotatable bonds is 2. The molecule has 20 heavy (non-hydrogen) atoms. The topological polar surface area (TPSA) is 61.3 Å². The van der Waals surface area contributed by atoms with Crippen LogP contribution in [0.3, 0.4) is 0 Å². The van der Waals surface area contributed by atoms with E-state index in [1.54, 1.807) is 12.1 Å². The molecule has 106 valence electrons. The van der Waals surface area contributed by atoms with Crippen molar-refractivity contribution in [3.05, 3.63) is 34.0 Å². The maximum absolute atomic E-state index is 6.07. The third-order valence-corrected chi connectivity index (χ3v) is 4.22. The van der Waals surface area contributed by atoms with Gasteiger partial charge in [-0.25, -0.2) is 0 Å². The lowest BCUT2D eigenvalue weighted by atomic mass is 9.93.